The smallest absolute Gasteiger partial charge is 0.222 e. The molecule has 1 unspecified atom stereocenters. The Labute approximate surface area is 224 Å². The molecule has 0 saturated carbocycles. The lowest BCUT2D eigenvalue weighted by Gasteiger charge is -2.35. The van der Waals surface area contributed by atoms with Crippen molar-refractivity contribution in [1.82, 2.24) is 5.32 Å². The van der Waals surface area contributed by atoms with Crippen LogP contribution in [0.5, 0.6) is 0 Å². The highest BCUT2D eigenvalue weighted by atomic mass is 16.6. The largest absolute Gasteiger partial charge is 0.394 e. The van der Waals surface area contributed by atoms with E-state index in [-0.39, 0.29) is 55.6 Å². The fourth-order valence-corrected chi connectivity index (χ4v) is 5.10. The number of aliphatic hydroxyl groups is 2. The minimum Gasteiger partial charge on any atom is -0.394 e. The summed E-state index contributed by atoms with van der Waals surface area (Å²) in [5.74, 6) is 0.649. The first-order valence-electron chi connectivity index (χ1n) is 13.7. The summed E-state index contributed by atoms with van der Waals surface area (Å²) in [7, 11) is 1.59. The van der Waals surface area contributed by atoms with Crippen molar-refractivity contribution < 1.29 is 34.0 Å². The van der Waals surface area contributed by atoms with Crippen LogP contribution in [0, 0.1) is 11.8 Å². The summed E-state index contributed by atoms with van der Waals surface area (Å²) in [5.41, 5.74) is 0.811. The third kappa shape index (κ3) is 13.4. The normalized spacial score (nSPS) is 24.6. The summed E-state index contributed by atoms with van der Waals surface area (Å²) in [6.07, 6.45) is 8.33. The van der Waals surface area contributed by atoms with Crippen molar-refractivity contribution in [3.8, 4) is 0 Å². The van der Waals surface area contributed by atoms with Crippen molar-refractivity contribution in [2.24, 2.45) is 11.8 Å². The zero-order valence-electron chi connectivity index (χ0n) is 24.4. The number of carbonyl (C=O) groups excluding carboxylic acids is 1. The number of ether oxygens (including phenoxy) is 4. The highest BCUT2D eigenvalue weighted by Gasteiger charge is 2.31. The number of allylic oxidation sites excluding steroid dienone is 3. The molecule has 1 aliphatic rings. The average molecular weight is 528 g/mol. The molecule has 0 aromatic rings. The van der Waals surface area contributed by atoms with Crippen LogP contribution in [0.15, 0.2) is 23.8 Å². The van der Waals surface area contributed by atoms with Crippen LogP contribution in [0.4, 0.5) is 0 Å². The molecule has 1 aliphatic heterocycles. The van der Waals surface area contributed by atoms with E-state index in [1.54, 1.807) is 14.0 Å². The van der Waals surface area contributed by atoms with Crippen LogP contribution in [-0.4, -0.2) is 85.7 Å². The van der Waals surface area contributed by atoms with Crippen molar-refractivity contribution in [1.29, 1.82) is 0 Å². The van der Waals surface area contributed by atoms with Crippen molar-refractivity contribution in [3.05, 3.63) is 23.8 Å². The molecule has 1 saturated heterocycles. The number of carbonyl (C=O) groups is 1. The number of amides is 1. The van der Waals surface area contributed by atoms with Gasteiger partial charge in [0, 0.05) is 20.1 Å². The average Bonchev–Trinajstić information content (AvgIpc) is 2.80. The van der Waals surface area contributed by atoms with Crippen LogP contribution in [0.3, 0.4) is 0 Å². The SMILES string of the molecule is CO[C@H](C(C)OC(C)(C)C[C@H](C)/C=C/C=C(\C)[C@H]1O[C@@H](CNC(=O)CCOCCO)CC[C@@H]1C)[C@@H](C)O. The van der Waals surface area contributed by atoms with Gasteiger partial charge in [-0.1, -0.05) is 32.1 Å². The molecule has 7 atom stereocenters. The Morgan fingerprint density at radius 1 is 1.22 bits per heavy atom. The molecule has 0 bridgehead atoms. The molecule has 1 amide bonds. The second kappa shape index (κ2) is 17.3. The molecular weight excluding hydrogens is 474 g/mol. The van der Waals surface area contributed by atoms with Gasteiger partial charge in [-0.05, 0) is 71.3 Å². The van der Waals surface area contributed by atoms with Crippen LogP contribution in [0.25, 0.3) is 0 Å². The quantitative estimate of drug-likeness (QED) is 0.195. The highest BCUT2D eigenvalue weighted by Crippen LogP contribution is 2.29. The number of aliphatic hydroxyl groups excluding tert-OH is 2. The number of rotatable bonds is 17. The fraction of sp³-hybridized carbons (Fsp3) is 0.828. The van der Waals surface area contributed by atoms with Gasteiger partial charge < -0.3 is 34.5 Å². The number of nitrogens with one attached hydrogen (secondary N) is 1. The first-order valence-corrected chi connectivity index (χ1v) is 13.7. The predicted molar refractivity (Wildman–Crippen MR) is 146 cm³/mol. The molecule has 8 nitrogen and oxygen atoms in total. The van der Waals surface area contributed by atoms with E-state index in [0.29, 0.717) is 25.0 Å². The molecule has 1 fully saturated rings. The molecule has 0 aliphatic carbocycles. The van der Waals surface area contributed by atoms with Crippen LogP contribution < -0.4 is 5.32 Å². The zero-order chi connectivity index (χ0) is 28.0. The van der Waals surface area contributed by atoms with Gasteiger partial charge in [0.15, 0.2) is 0 Å². The molecule has 0 aromatic heterocycles. The Hall–Kier alpha value is -1.29. The molecule has 1 rings (SSSR count). The standard InChI is InChI=1S/C29H53NO7/c1-20(18-29(6,7)37-24(5)28(34-8)23(4)32)10-9-11-21(2)27-22(3)12-13-25(36-27)19-30-26(33)14-16-35-17-15-31/h9-11,20,22-25,27-28,31-32H,12-19H2,1-8H3,(H,30,33)/b10-9+,21-11+/t20-,22+,23-,24?,25-,27-,28+/m1/s1. The Kier molecular flexibility index (Phi) is 15.8. The number of methoxy groups -OCH3 is 1. The van der Waals surface area contributed by atoms with Crippen LogP contribution in [0.1, 0.15) is 74.1 Å². The third-order valence-electron chi connectivity index (χ3n) is 6.81. The van der Waals surface area contributed by atoms with Gasteiger partial charge >= 0.3 is 0 Å². The van der Waals surface area contributed by atoms with E-state index in [0.717, 1.165) is 19.3 Å². The predicted octanol–water partition coefficient (Wildman–Crippen LogP) is 3.79. The van der Waals surface area contributed by atoms with E-state index in [9.17, 15) is 9.90 Å². The summed E-state index contributed by atoms with van der Waals surface area (Å²) in [4.78, 5) is 12.0. The van der Waals surface area contributed by atoms with Crippen molar-refractivity contribution >= 4 is 5.91 Å². The molecule has 1 heterocycles. The summed E-state index contributed by atoms with van der Waals surface area (Å²) in [6.45, 7) is 15.3. The molecule has 0 spiro atoms. The topological polar surface area (TPSA) is 106 Å². The summed E-state index contributed by atoms with van der Waals surface area (Å²) in [6, 6.07) is 0. The van der Waals surface area contributed by atoms with E-state index < -0.39 is 6.10 Å². The van der Waals surface area contributed by atoms with Gasteiger partial charge in [-0.2, -0.15) is 0 Å². The zero-order valence-corrected chi connectivity index (χ0v) is 24.4. The van der Waals surface area contributed by atoms with E-state index in [4.69, 9.17) is 24.1 Å². The molecule has 0 radical (unpaired) electrons. The van der Waals surface area contributed by atoms with Crippen LogP contribution in [0.2, 0.25) is 0 Å². The van der Waals surface area contributed by atoms with Crippen LogP contribution in [-0.2, 0) is 23.7 Å². The Bertz CT molecular complexity index is 706. The lowest BCUT2D eigenvalue weighted by molar-refractivity contribution is -0.149. The van der Waals surface area contributed by atoms with Gasteiger partial charge in [0.05, 0.1) is 49.8 Å². The maximum Gasteiger partial charge on any atom is 0.222 e. The summed E-state index contributed by atoms with van der Waals surface area (Å²) >= 11 is 0. The van der Waals surface area contributed by atoms with Gasteiger partial charge in [0.25, 0.3) is 0 Å². The highest BCUT2D eigenvalue weighted by molar-refractivity contribution is 5.75. The van der Waals surface area contributed by atoms with Gasteiger partial charge in [-0.15, -0.1) is 0 Å². The van der Waals surface area contributed by atoms with E-state index >= 15 is 0 Å². The van der Waals surface area contributed by atoms with Crippen molar-refractivity contribution in [2.75, 3.05) is 33.5 Å². The summed E-state index contributed by atoms with van der Waals surface area (Å²) < 4.78 is 23.1. The molecule has 8 heteroatoms. The molecular formula is C29H53NO7. The third-order valence-corrected chi connectivity index (χ3v) is 6.81. The molecule has 0 aromatic carbocycles. The lowest BCUT2D eigenvalue weighted by atomic mass is 9.89. The molecule has 3 N–H and O–H groups in total. The van der Waals surface area contributed by atoms with Gasteiger partial charge in [0.2, 0.25) is 5.91 Å². The minimum atomic E-state index is -0.599. The monoisotopic (exact) mass is 527 g/mol. The minimum absolute atomic E-state index is 0.00716. The van der Waals surface area contributed by atoms with E-state index in [1.165, 1.54) is 5.57 Å². The lowest BCUT2D eigenvalue weighted by Crippen LogP contribution is -2.42. The second-order valence-electron chi connectivity index (χ2n) is 11.1. The van der Waals surface area contributed by atoms with Crippen LogP contribution >= 0.6 is 0 Å². The maximum absolute atomic E-state index is 12.0. The van der Waals surface area contributed by atoms with Gasteiger partial charge in [-0.25, -0.2) is 0 Å². The van der Waals surface area contributed by atoms with E-state index in [1.807, 2.05) is 6.92 Å². The first-order chi connectivity index (χ1) is 17.4. The Morgan fingerprint density at radius 3 is 2.54 bits per heavy atom. The number of hydrogen-bond acceptors (Lipinski definition) is 7. The van der Waals surface area contributed by atoms with Gasteiger partial charge in [0.1, 0.15) is 6.10 Å². The van der Waals surface area contributed by atoms with Crippen molar-refractivity contribution in [3.63, 3.8) is 0 Å². The van der Waals surface area contributed by atoms with Crippen molar-refractivity contribution in [2.45, 2.75) is 110 Å². The number of hydrogen-bond donors (Lipinski definition) is 3. The Morgan fingerprint density at radius 2 is 1.92 bits per heavy atom. The maximum atomic E-state index is 12.0. The molecule has 216 valence electrons. The first kappa shape index (κ1) is 33.7. The second-order valence-corrected chi connectivity index (χ2v) is 11.1. The fourth-order valence-electron chi connectivity index (χ4n) is 5.10. The van der Waals surface area contributed by atoms with E-state index in [2.05, 4.69) is 58.2 Å². The van der Waals surface area contributed by atoms with Gasteiger partial charge in [-0.3, -0.25) is 4.79 Å². The Balaban J connectivity index is 2.57. The molecule has 37 heavy (non-hydrogen) atoms. The summed E-state index contributed by atoms with van der Waals surface area (Å²) in [5, 5.41) is 21.6.